The second kappa shape index (κ2) is 26.5. The molecule has 0 bridgehead atoms. The van der Waals surface area contributed by atoms with Gasteiger partial charge in [-0.15, -0.1) is 0 Å². The maximum absolute atomic E-state index is 11.4. The van der Waals surface area contributed by atoms with Gasteiger partial charge in [0.1, 0.15) is 6.10 Å². The number of unbranched alkanes of at least 4 members (excludes halogenated alkanes) is 13. The number of aliphatic hydroxyl groups excluding tert-OH is 1. The molecule has 35 heavy (non-hydrogen) atoms. The van der Waals surface area contributed by atoms with E-state index < -0.39 is 13.9 Å². The largest absolute Gasteiger partial charge is 0.472 e. The molecule has 0 rings (SSSR count). The van der Waals surface area contributed by atoms with Crippen LogP contribution in [-0.2, 0) is 18.3 Å². The van der Waals surface area contributed by atoms with Crippen LogP contribution in [0.1, 0.15) is 110 Å². The van der Waals surface area contributed by atoms with Gasteiger partial charge in [0.05, 0.1) is 19.8 Å². The van der Waals surface area contributed by atoms with Crippen LogP contribution in [0, 0.1) is 0 Å². The Morgan fingerprint density at radius 1 is 0.743 bits per heavy atom. The van der Waals surface area contributed by atoms with Gasteiger partial charge < -0.3 is 20.5 Å². The zero-order valence-corrected chi connectivity index (χ0v) is 23.2. The third kappa shape index (κ3) is 27.9. The maximum Gasteiger partial charge on any atom is 0.472 e. The normalized spacial score (nSPS) is 14.7. The van der Waals surface area contributed by atoms with Crippen LogP contribution in [0.2, 0.25) is 0 Å². The fraction of sp³-hybridized carbons (Fsp3) is 0.852. The van der Waals surface area contributed by atoms with Gasteiger partial charge in [0.25, 0.3) is 0 Å². The molecule has 8 heteroatoms. The van der Waals surface area contributed by atoms with Crippen LogP contribution in [0.4, 0.5) is 0 Å². The summed E-state index contributed by atoms with van der Waals surface area (Å²) in [4.78, 5) is 9.35. The number of phosphoric acid groups is 1. The molecule has 2 unspecified atom stereocenters. The van der Waals surface area contributed by atoms with E-state index in [1.807, 2.05) is 0 Å². The fourth-order valence-corrected chi connectivity index (χ4v) is 4.32. The highest BCUT2D eigenvalue weighted by Crippen LogP contribution is 2.42. The van der Waals surface area contributed by atoms with E-state index in [1.165, 1.54) is 83.5 Å². The van der Waals surface area contributed by atoms with Gasteiger partial charge in [-0.2, -0.15) is 0 Å². The van der Waals surface area contributed by atoms with Crippen molar-refractivity contribution in [3.63, 3.8) is 0 Å². The molecule has 0 amide bonds. The first kappa shape index (κ1) is 34.5. The molecule has 0 saturated carbocycles. The van der Waals surface area contributed by atoms with Gasteiger partial charge >= 0.3 is 7.82 Å². The van der Waals surface area contributed by atoms with Crippen LogP contribution in [-0.4, -0.2) is 49.1 Å². The van der Waals surface area contributed by atoms with Gasteiger partial charge in [0, 0.05) is 13.2 Å². The van der Waals surface area contributed by atoms with E-state index in [1.54, 1.807) is 0 Å². The van der Waals surface area contributed by atoms with E-state index in [9.17, 15) is 14.6 Å². The van der Waals surface area contributed by atoms with Crippen molar-refractivity contribution in [2.24, 2.45) is 5.73 Å². The topological polar surface area (TPSA) is 111 Å². The molecule has 0 aliphatic rings. The van der Waals surface area contributed by atoms with Crippen molar-refractivity contribution in [2.75, 3.05) is 33.0 Å². The first-order chi connectivity index (χ1) is 17.0. The first-order valence-electron chi connectivity index (χ1n) is 13.9. The summed E-state index contributed by atoms with van der Waals surface area (Å²) in [6.45, 7) is 2.62. The number of hydrogen-bond donors (Lipinski definition) is 3. The van der Waals surface area contributed by atoms with Gasteiger partial charge in [-0.05, 0) is 38.5 Å². The Kier molecular flexibility index (Phi) is 26.1. The van der Waals surface area contributed by atoms with Crippen LogP contribution < -0.4 is 5.73 Å². The minimum Gasteiger partial charge on any atom is -0.388 e. The molecule has 7 nitrogen and oxygen atoms in total. The van der Waals surface area contributed by atoms with Crippen LogP contribution >= 0.6 is 7.82 Å². The smallest absolute Gasteiger partial charge is 0.388 e. The second-order valence-corrected chi connectivity index (χ2v) is 10.6. The molecule has 0 fully saturated rings. The standard InChI is InChI=1S/C27H54NO6P/c1-2-3-4-5-6-7-8-9-10-11-12-13-14-15-16-17-18-19-20-21-23-32-25-27(29)26-34-35(30,31)33-24-22-28/h6-7,9-10,27,29H,2-5,8,11-26,28H2,1H3,(H,30,31)/b7-6-,10-9-. The van der Waals surface area contributed by atoms with Crippen LogP contribution in [0.25, 0.3) is 0 Å². The minimum absolute atomic E-state index is 0.0723. The highest BCUT2D eigenvalue weighted by molar-refractivity contribution is 7.47. The summed E-state index contributed by atoms with van der Waals surface area (Å²) in [5.74, 6) is 0. The third-order valence-electron chi connectivity index (χ3n) is 5.60. The number of hydrogen-bond acceptors (Lipinski definition) is 6. The summed E-state index contributed by atoms with van der Waals surface area (Å²) in [6, 6.07) is 0. The lowest BCUT2D eigenvalue weighted by molar-refractivity contribution is 0.00230. The zero-order valence-electron chi connectivity index (χ0n) is 22.3. The lowest BCUT2D eigenvalue weighted by atomic mass is 10.1. The molecule has 0 aliphatic carbocycles. The maximum atomic E-state index is 11.4. The molecule has 0 aromatic carbocycles. The molecule has 0 radical (unpaired) electrons. The summed E-state index contributed by atoms with van der Waals surface area (Å²) in [7, 11) is -4.15. The van der Waals surface area contributed by atoms with Crippen molar-refractivity contribution in [1.29, 1.82) is 0 Å². The number of nitrogens with two attached hydrogens (primary N) is 1. The number of rotatable bonds is 27. The summed E-state index contributed by atoms with van der Waals surface area (Å²) in [5.41, 5.74) is 5.20. The summed E-state index contributed by atoms with van der Waals surface area (Å²) in [5, 5.41) is 9.74. The van der Waals surface area contributed by atoms with Crippen molar-refractivity contribution in [3.05, 3.63) is 24.3 Å². The average molecular weight is 520 g/mol. The quantitative estimate of drug-likeness (QED) is 0.0619. The van der Waals surface area contributed by atoms with E-state index in [2.05, 4.69) is 35.8 Å². The Balaban J connectivity index is 3.30. The summed E-state index contributed by atoms with van der Waals surface area (Å²) >= 11 is 0. The van der Waals surface area contributed by atoms with Crippen molar-refractivity contribution in [2.45, 2.75) is 116 Å². The van der Waals surface area contributed by atoms with E-state index in [4.69, 9.17) is 15.0 Å². The molecular weight excluding hydrogens is 465 g/mol. The number of ether oxygens (including phenoxy) is 1. The van der Waals surface area contributed by atoms with E-state index in [-0.39, 0.29) is 26.4 Å². The monoisotopic (exact) mass is 519 g/mol. The van der Waals surface area contributed by atoms with Crippen molar-refractivity contribution in [1.82, 2.24) is 0 Å². The Bertz CT molecular complexity index is 544. The first-order valence-corrected chi connectivity index (χ1v) is 15.4. The Morgan fingerprint density at radius 3 is 1.86 bits per heavy atom. The average Bonchev–Trinajstić information content (AvgIpc) is 2.84. The molecule has 0 saturated heterocycles. The van der Waals surface area contributed by atoms with Crippen LogP contribution in [0.5, 0.6) is 0 Å². The van der Waals surface area contributed by atoms with Crippen LogP contribution in [0.3, 0.4) is 0 Å². The molecular formula is C27H54NO6P. The predicted octanol–water partition coefficient (Wildman–Crippen LogP) is 6.83. The second-order valence-electron chi connectivity index (χ2n) is 9.11. The lowest BCUT2D eigenvalue weighted by Gasteiger charge is -2.15. The van der Waals surface area contributed by atoms with Crippen molar-refractivity contribution in [3.8, 4) is 0 Å². The van der Waals surface area contributed by atoms with Crippen LogP contribution in [0.15, 0.2) is 24.3 Å². The number of allylic oxidation sites excluding steroid dienone is 4. The van der Waals surface area contributed by atoms with E-state index in [0.717, 1.165) is 19.3 Å². The van der Waals surface area contributed by atoms with Gasteiger partial charge in [0.2, 0.25) is 0 Å². The molecule has 208 valence electrons. The van der Waals surface area contributed by atoms with Gasteiger partial charge in [0.15, 0.2) is 0 Å². The Morgan fingerprint density at radius 2 is 1.29 bits per heavy atom. The molecule has 4 N–H and O–H groups in total. The Labute approximate surface area is 215 Å². The predicted molar refractivity (Wildman–Crippen MR) is 145 cm³/mol. The molecule has 0 spiro atoms. The molecule has 0 heterocycles. The van der Waals surface area contributed by atoms with Crippen molar-refractivity contribution < 1.29 is 28.3 Å². The number of phosphoric ester groups is 1. The molecule has 2 atom stereocenters. The van der Waals surface area contributed by atoms with Gasteiger partial charge in [-0.25, -0.2) is 4.57 Å². The van der Waals surface area contributed by atoms with Gasteiger partial charge in [-0.1, -0.05) is 95.4 Å². The summed E-state index contributed by atoms with van der Waals surface area (Å²) in [6.07, 6.45) is 28.2. The highest BCUT2D eigenvalue weighted by Gasteiger charge is 2.22. The van der Waals surface area contributed by atoms with E-state index in [0.29, 0.717) is 6.61 Å². The Hall–Kier alpha value is -0.530. The molecule has 0 aromatic heterocycles. The zero-order chi connectivity index (χ0) is 25.9. The number of aliphatic hydroxyl groups is 1. The third-order valence-corrected chi connectivity index (χ3v) is 6.59. The molecule has 0 aromatic rings. The minimum atomic E-state index is -4.15. The van der Waals surface area contributed by atoms with Gasteiger partial charge in [-0.3, -0.25) is 9.05 Å². The van der Waals surface area contributed by atoms with Crippen molar-refractivity contribution >= 4 is 7.82 Å². The van der Waals surface area contributed by atoms with E-state index >= 15 is 0 Å². The summed E-state index contributed by atoms with van der Waals surface area (Å²) < 4.78 is 26.1. The highest BCUT2D eigenvalue weighted by atomic mass is 31.2. The fourth-order valence-electron chi connectivity index (χ4n) is 3.55. The molecule has 0 aliphatic heterocycles. The SMILES string of the molecule is CCCCC/C=C\C/C=C\CCCCCCCCCCCCOCC(O)COP(=O)(O)OCCN. The lowest BCUT2D eigenvalue weighted by Crippen LogP contribution is -2.22.